The van der Waals surface area contributed by atoms with Gasteiger partial charge in [-0.25, -0.2) is 9.78 Å². The number of aliphatic carboxylic acids is 1. The monoisotopic (exact) mass is 319 g/mol. The summed E-state index contributed by atoms with van der Waals surface area (Å²) in [5, 5.41) is 23.8. The van der Waals surface area contributed by atoms with Gasteiger partial charge in [-0.2, -0.15) is 0 Å². The Labute approximate surface area is 132 Å². The van der Waals surface area contributed by atoms with Gasteiger partial charge < -0.3 is 15.2 Å². The van der Waals surface area contributed by atoms with Crippen LogP contribution in [0.4, 0.5) is 11.4 Å². The summed E-state index contributed by atoms with van der Waals surface area (Å²) in [7, 11) is 1.50. The van der Waals surface area contributed by atoms with Gasteiger partial charge in [0, 0.05) is 11.5 Å². The van der Waals surface area contributed by atoms with E-state index in [1.807, 2.05) is 0 Å². The number of hydrogen-bond acceptors (Lipinski definition) is 6. The van der Waals surface area contributed by atoms with Crippen molar-refractivity contribution in [1.29, 1.82) is 0 Å². The van der Waals surface area contributed by atoms with Crippen molar-refractivity contribution in [1.82, 2.24) is 4.98 Å². The number of rotatable bonds is 6. The average molecular weight is 319 g/mol. The van der Waals surface area contributed by atoms with Crippen LogP contribution < -0.4 is 10.1 Å². The van der Waals surface area contributed by atoms with E-state index < -0.39 is 16.9 Å². The third-order valence-corrected chi connectivity index (χ3v) is 3.49. The SMILES string of the molecule is COc1ccc2c(N[C@@H](C(=O)O)C(C)C)c([N+](=O)[O-])cnc2c1. The zero-order valence-electron chi connectivity index (χ0n) is 12.9. The van der Waals surface area contributed by atoms with E-state index in [0.29, 0.717) is 16.7 Å². The molecule has 0 aliphatic heterocycles. The molecule has 0 spiro atoms. The maximum absolute atomic E-state index is 11.4. The van der Waals surface area contributed by atoms with E-state index >= 15 is 0 Å². The maximum Gasteiger partial charge on any atom is 0.326 e. The molecule has 1 atom stereocenters. The third kappa shape index (κ3) is 3.31. The van der Waals surface area contributed by atoms with Gasteiger partial charge in [-0.1, -0.05) is 13.8 Å². The molecule has 1 heterocycles. The number of fused-ring (bicyclic) bond motifs is 1. The Balaban J connectivity index is 2.64. The highest BCUT2D eigenvalue weighted by atomic mass is 16.6. The number of aromatic nitrogens is 1. The molecular weight excluding hydrogens is 302 g/mol. The highest BCUT2D eigenvalue weighted by molar-refractivity contribution is 5.97. The van der Waals surface area contributed by atoms with Gasteiger partial charge in [0.1, 0.15) is 23.7 Å². The summed E-state index contributed by atoms with van der Waals surface area (Å²) in [5.41, 5.74) is 0.351. The molecule has 0 unspecified atom stereocenters. The lowest BCUT2D eigenvalue weighted by Gasteiger charge is -2.20. The van der Waals surface area contributed by atoms with Crippen LogP contribution in [0.2, 0.25) is 0 Å². The minimum absolute atomic E-state index is 0.142. The number of pyridine rings is 1. The number of nitrogens with one attached hydrogen (secondary N) is 1. The Bertz CT molecular complexity index is 760. The Hall–Kier alpha value is -2.90. The van der Waals surface area contributed by atoms with E-state index in [0.717, 1.165) is 6.20 Å². The number of carboxylic acid groups (broad SMARTS) is 1. The first-order chi connectivity index (χ1) is 10.8. The normalized spacial score (nSPS) is 12.2. The van der Waals surface area contributed by atoms with Gasteiger partial charge in [0.05, 0.1) is 17.5 Å². The van der Waals surface area contributed by atoms with Crippen LogP contribution in [0.25, 0.3) is 10.9 Å². The zero-order valence-corrected chi connectivity index (χ0v) is 12.9. The summed E-state index contributed by atoms with van der Waals surface area (Å²) < 4.78 is 5.11. The lowest BCUT2D eigenvalue weighted by molar-refractivity contribution is -0.384. The number of hydrogen-bond donors (Lipinski definition) is 2. The minimum Gasteiger partial charge on any atom is -0.497 e. The van der Waals surface area contributed by atoms with Crippen LogP contribution in [0.5, 0.6) is 5.75 Å². The van der Waals surface area contributed by atoms with Crippen LogP contribution in [0.3, 0.4) is 0 Å². The summed E-state index contributed by atoms with van der Waals surface area (Å²) in [6, 6.07) is 3.94. The van der Waals surface area contributed by atoms with Gasteiger partial charge in [0.15, 0.2) is 0 Å². The van der Waals surface area contributed by atoms with E-state index in [1.54, 1.807) is 32.0 Å². The number of methoxy groups -OCH3 is 1. The summed E-state index contributed by atoms with van der Waals surface area (Å²) in [4.78, 5) is 26.1. The van der Waals surface area contributed by atoms with E-state index in [1.165, 1.54) is 7.11 Å². The molecule has 23 heavy (non-hydrogen) atoms. The third-order valence-electron chi connectivity index (χ3n) is 3.49. The standard InChI is InChI=1S/C15H17N3O5/c1-8(2)13(15(19)20)17-14-10-5-4-9(23-3)6-11(10)16-7-12(14)18(21)22/h4-8,13H,1-3H3,(H,16,17)(H,19,20)/t13-/m1/s1. The average Bonchev–Trinajstić information content (AvgIpc) is 2.50. The number of anilines is 1. The second kappa shape index (κ2) is 6.47. The lowest BCUT2D eigenvalue weighted by Crippen LogP contribution is -2.34. The largest absolute Gasteiger partial charge is 0.497 e. The van der Waals surface area contributed by atoms with Crippen LogP contribution >= 0.6 is 0 Å². The first-order valence-corrected chi connectivity index (χ1v) is 6.95. The zero-order chi connectivity index (χ0) is 17.1. The molecule has 0 aliphatic carbocycles. The topological polar surface area (TPSA) is 115 Å². The van der Waals surface area contributed by atoms with Crippen LogP contribution in [0.1, 0.15) is 13.8 Å². The fourth-order valence-electron chi connectivity index (χ4n) is 2.25. The quantitative estimate of drug-likeness (QED) is 0.621. The minimum atomic E-state index is -1.08. The van der Waals surface area contributed by atoms with Crippen molar-refractivity contribution in [2.75, 3.05) is 12.4 Å². The van der Waals surface area contributed by atoms with Crippen molar-refractivity contribution in [3.8, 4) is 5.75 Å². The molecule has 0 aliphatic rings. The van der Waals surface area contributed by atoms with Gasteiger partial charge in [0.25, 0.3) is 0 Å². The maximum atomic E-state index is 11.4. The van der Waals surface area contributed by atoms with E-state index in [4.69, 9.17) is 4.74 Å². The number of carboxylic acids is 1. The van der Waals surface area contributed by atoms with Crippen molar-refractivity contribution in [3.63, 3.8) is 0 Å². The van der Waals surface area contributed by atoms with Gasteiger partial charge in [0.2, 0.25) is 0 Å². The van der Waals surface area contributed by atoms with Crippen LogP contribution in [-0.2, 0) is 4.79 Å². The molecule has 8 nitrogen and oxygen atoms in total. The van der Waals surface area contributed by atoms with E-state index in [9.17, 15) is 20.0 Å². The summed E-state index contributed by atoms with van der Waals surface area (Å²) in [5.74, 6) is -0.773. The Morgan fingerprint density at radius 3 is 2.65 bits per heavy atom. The molecule has 0 radical (unpaired) electrons. The molecule has 122 valence electrons. The Morgan fingerprint density at radius 1 is 1.43 bits per heavy atom. The molecule has 2 rings (SSSR count). The number of nitro groups is 1. The Morgan fingerprint density at radius 2 is 2.13 bits per heavy atom. The molecule has 1 aromatic carbocycles. The second-order valence-corrected chi connectivity index (χ2v) is 5.36. The van der Waals surface area contributed by atoms with Crippen LogP contribution in [0.15, 0.2) is 24.4 Å². The predicted octanol–water partition coefficient (Wildman–Crippen LogP) is 2.67. The first-order valence-electron chi connectivity index (χ1n) is 6.95. The molecule has 2 aromatic rings. The van der Waals surface area contributed by atoms with E-state index in [2.05, 4.69) is 10.3 Å². The number of carbonyl (C=O) groups is 1. The van der Waals surface area contributed by atoms with Crippen molar-refractivity contribution in [2.24, 2.45) is 5.92 Å². The highest BCUT2D eigenvalue weighted by Gasteiger charge is 2.26. The van der Waals surface area contributed by atoms with Crippen LogP contribution in [0, 0.1) is 16.0 Å². The van der Waals surface area contributed by atoms with Gasteiger partial charge in [-0.05, 0) is 18.1 Å². The smallest absolute Gasteiger partial charge is 0.326 e. The molecule has 0 fully saturated rings. The summed E-state index contributed by atoms with van der Waals surface area (Å²) in [6.45, 7) is 3.45. The number of benzene rings is 1. The molecule has 0 bridgehead atoms. The lowest BCUT2D eigenvalue weighted by atomic mass is 10.0. The van der Waals surface area contributed by atoms with Crippen molar-refractivity contribution < 1.29 is 19.6 Å². The van der Waals surface area contributed by atoms with Crippen molar-refractivity contribution >= 4 is 28.2 Å². The summed E-state index contributed by atoms with van der Waals surface area (Å²) >= 11 is 0. The fourth-order valence-corrected chi connectivity index (χ4v) is 2.25. The molecule has 8 heteroatoms. The molecular formula is C15H17N3O5. The number of ether oxygens (including phenoxy) is 1. The van der Waals surface area contributed by atoms with Crippen LogP contribution in [-0.4, -0.2) is 34.1 Å². The van der Waals surface area contributed by atoms with Gasteiger partial charge in [-0.3, -0.25) is 10.1 Å². The number of nitrogens with zero attached hydrogens (tertiary/aromatic N) is 2. The first kappa shape index (κ1) is 16.5. The second-order valence-electron chi connectivity index (χ2n) is 5.36. The van der Waals surface area contributed by atoms with E-state index in [-0.39, 0.29) is 17.3 Å². The van der Waals surface area contributed by atoms with Crippen molar-refractivity contribution in [2.45, 2.75) is 19.9 Å². The van der Waals surface area contributed by atoms with Crippen molar-refractivity contribution in [3.05, 3.63) is 34.5 Å². The molecule has 1 aromatic heterocycles. The Kier molecular flexibility index (Phi) is 4.63. The molecule has 0 saturated carbocycles. The summed E-state index contributed by atoms with van der Waals surface area (Å²) in [6.07, 6.45) is 1.11. The predicted molar refractivity (Wildman–Crippen MR) is 84.8 cm³/mol. The van der Waals surface area contributed by atoms with Gasteiger partial charge >= 0.3 is 11.7 Å². The highest BCUT2D eigenvalue weighted by Crippen LogP contribution is 2.34. The fraction of sp³-hybridized carbons (Fsp3) is 0.333. The molecule has 0 saturated heterocycles. The molecule has 2 N–H and O–H groups in total. The molecule has 0 amide bonds. The van der Waals surface area contributed by atoms with Gasteiger partial charge in [-0.15, -0.1) is 0 Å².